The zero-order chi connectivity index (χ0) is 15.1. The molecule has 1 saturated heterocycles. The predicted molar refractivity (Wildman–Crippen MR) is 88.1 cm³/mol. The third-order valence-electron chi connectivity index (χ3n) is 4.61. The quantitative estimate of drug-likeness (QED) is 0.848. The van der Waals surface area contributed by atoms with Crippen LogP contribution >= 0.6 is 11.8 Å². The molecule has 2 aliphatic rings. The summed E-state index contributed by atoms with van der Waals surface area (Å²) in [6.07, 6.45) is 0.706. The van der Waals surface area contributed by atoms with Crippen LogP contribution in [0.2, 0.25) is 0 Å². The fourth-order valence-electron chi connectivity index (χ4n) is 3.64. The van der Waals surface area contributed by atoms with Crippen molar-refractivity contribution in [2.45, 2.75) is 18.5 Å². The van der Waals surface area contributed by atoms with E-state index in [0.29, 0.717) is 0 Å². The summed E-state index contributed by atoms with van der Waals surface area (Å²) in [5.41, 5.74) is 3.85. The molecule has 22 heavy (non-hydrogen) atoms. The summed E-state index contributed by atoms with van der Waals surface area (Å²) in [5, 5.41) is 4.32. The minimum absolute atomic E-state index is 0.0679. The third-order valence-corrected chi connectivity index (χ3v) is 5.72. The maximum absolute atomic E-state index is 11.7. The smallest absolute Gasteiger partial charge is 0.407 e. The predicted octanol–water partition coefficient (Wildman–Crippen LogP) is 2.50. The number of aromatic nitrogens is 1. The first-order chi connectivity index (χ1) is 10.8. The van der Waals surface area contributed by atoms with Crippen molar-refractivity contribution >= 4 is 28.8 Å². The Bertz CT molecular complexity index is 714. The molecule has 1 fully saturated rings. The van der Waals surface area contributed by atoms with Gasteiger partial charge in [0.25, 0.3) is 0 Å². The Hall–Kier alpha value is -1.66. The number of hydrogen-bond acceptors (Lipinski definition) is 4. The molecule has 6 heteroatoms. The first-order valence-corrected chi connectivity index (χ1v) is 8.69. The van der Waals surface area contributed by atoms with Gasteiger partial charge in [-0.15, -0.1) is 11.8 Å². The average Bonchev–Trinajstić information content (AvgIpc) is 2.93. The summed E-state index contributed by atoms with van der Waals surface area (Å²) in [6.45, 7) is 1.03. The van der Waals surface area contributed by atoms with E-state index < -0.39 is 0 Å². The van der Waals surface area contributed by atoms with E-state index in [1.54, 1.807) is 0 Å². The van der Waals surface area contributed by atoms with Gasteiger partial charge in [0, 0.05) is 34.8 Å². The number of hydrogen-bond donors (Lipinski definition) is 2. The van der Waals surface area contributed by atoms with Gasteiger partial charge in [-0.2, -0.15) is 0 Å². The zero-order valence-electron chi connectivity index (χ0n) is 12.5. The van der Waals surface area contributed by atoms with Crippen LogP contribution < -0.4 is 5.32 Å². The Labute approximate surface area is 133 Å². The molecule has 0 unspecified atom stereocenters. The van der Waals surface area contributed by atoms with Gasteiger partial charge in [0.2, 0.25) is 0 Å². The molecule has 0 bridgehead atoms. The third kappa shape index (κ3) is 2.18. The summed E-state index contributed by atoms with van der Waals surface area (Å²) in [5.74, 6) is 1.92. The molecule has 2 aromatic rings. The largest absolute Gasteiger partial charge is 0.453 e. The SMILES string of the molecule is COC(=O)N[C@H]1CSCN2CCc3c([nH]c4ccccc34)[C@@H]12. The lowest BCUT2D eigenvalue weighted by Gasteiger charge is -2.43. The molecule has 3 heterocycles. The van der Waals surface area contributed by atoms with Crippen molar-refractivity contribution in [2.24, 2.45) is 0 Å². The van der Waals surface area contributed by atoms with E-state index in [0.717, 1.165) is 24.6 Å². The van der Waals surface area contributed by atoms with Crippen LogP contribution in [0.1, 0.15) is 17.3 Å². The van der Waals surface area contributed by atoms with Crippen molar-refractivity contribution in [1.82, 2.24) is 15.2 Å². The molecule has 0 aliphatic carbocycles. The van der Waals surface area contributed by atoms with Crippen molar-refractivity contribution in [3.63, 3.8) is 0 Å². The van der Waals surface area contributed by atoms with Gasteiger partial charge in [-0.1, -0.05) is 18.2 Å². The van der Waals surface area contributed by atoms with Crippen LogP contribution in [-0.4, -0.2) is 47.3 Å². The van der Waals surface area contributed by atoms with Crippen LogP contribution in [0, 0.1) is 0 Å². The lowest BCUT2D eigenvalue weighted by Crippen LogP contribution is -2.52. The molecule has 1 aromatic heterocycles. The van der Waals surface area contributed by atoms with Gasteiger partial charge in [0.1, 0.15) is 0 Å². The van der Waals surface area contributed by atoms with E-state index in [1.165, 1.54) is 29.3 Å². The van der Waals surface area contributed by atoms with Gasteiger partial charge in [-0.05, 0) is 18.1 Å². The van der Waals surface area contributed by atoms with E-state index in [9.17, 15) is 4.79 Å². The number of carbonyl (C=O) groups excluding carboxylic acids is 1. The first kappa shape index (κ1) is 14.0. The first-order valence-electron chi connectivity index (χ1n) is 7.53. The zero-order valence-corrected chi connectivity index (χ0v) is 13.3. The number of rotatable bonds is 1. The van der Waals surface area contributed by atoms with Crippen LogP contribution in [0.25, 0.3) is 10.9 Å². The van der Waals surface area contributed by atoms with E-state index in [1.807, 2.05) is 11.8 Å². The fraction of sp³-hybridized carbons (Fsp3) is 0.438. The summed E-state index contributed by atoms with van der Waals surface area (Å²) in [6, 6.07) is 8.72. The summed E-state index contributed by atoms with van der Waals surface area (Å²) in [4.78, 5) is 17.7. The molecule has 0 radical (unpaired) electrons. The van der Waals surface area contributed by atoms with Crippen LogP contribution in [0.15, 0.2) is 24.3 Å². The summed E-state index contributed by atoms with van der Waals surface area (Å²) in [7, 11) is 1.41. The Morgan fingerprint density at radius 1 is 1.45 bits per heavy atom. The number of alkyl carbamates (subject to hydrolysis) is 1. The van der Waals surface area contributed by atoms with Crippen molar-refractivity contribution in [1.29, 1.82) is 0 Å². The number of carbonyl (C=O) groups is 1. The standard InChI is InChI=1S/C16H19N3O2S/c1-21-16(20)18-13-8-22-9-19-7-6-11-10-4-2-3-5-12(10)17-14(11)15(13)19/h2-5,13,15,17H,6-9H2,1H3,(H,18,20)/t13-,15+/m0/s1. The molecular weight excluding hydrogens is 298 g/mol. The highest BCUT2D eigenvalue weighted by Crippen LogP contribution is 2.40. The second kappa shape index (κ2) is 5.52. The number of benzene rings is 1. The molecule has 1 amide bonds. The maximum Gasteiger partial charge on any atom is 0.407 e. The summed E-state index contributed by atoms with van der Waals surface area (Å²) >= 11 is 1.86. The van der Waals surface area contributed by atoms with Crippen molar-refractivity contribution < 1.29 is 9.53 Å². The van der Waals surface area contributed by atoms with E-state index in [4.69, 9.17) is 4.74 Å². The number of amides is 1. The Kier molecular flexibility index (Phi) is 3.50. The number of aromatic amines is 1. The molecule has 2 aliphatic heterocycles. The number of fused-ring (bicyclic) bond motifs is 5. The lowest BCUT2D eigenvalue weighted by atomic mass is 9.93. The highest BCUT2D eigenvalue weighted by atomic mass is 32.2. The number of ether oxygens (including phenoxy) is 1. The van der Waals surface area contributed by atoms with Crippen molar-refractivity contribution in [2.75, 3.05) is 25.3 Å². The van der Waals surface area contributed by atoms with Gasteiger partial charge >= 0.3 is 6.09 Å². The highest BCUT2D eigenvalue weighted by Gasteiger charge is 2.39. The monoisotopic (exact) mass is 317 g/mol. The van der Waals surface area contributed by atoms with Gasteiger partial charge in [0.05, 0.1) is 19.2 Å². The van der Waals surface area contributed by atoms with Crippen molar-refractivity contribution in [3.8, 4) is 0 Å². The number of nitrogens with one attached hydrogen (secondary N) is 2. The van der Waals surface area contributed by atoms with E-state index in [-0.39, 0.29) is 18.2 Å². The number of nitrogens with zero attached hydrogens (tertiary/aromatic N) is 1. The molecule has 1 aromatic carbocycles. The van der Waals surface area contributed by atoms with Gasteiger partial charge in [0.15, 0.2) is 0 Å². The van der Waals surface area contributed by atoms with Crippen LogP contribution in [0.4, 0.5) is 4.79 Å². The van der Waals surface area contributed by atoms with Crippen LogP contribution in [-0.2, 0) is 11.2 Å². The average molecular weight is 317 g/mol. The van der Waals surface area contributed by atoms with Crippen molar-refractivity contribution in [3.05, 3.63) is 35.5 Å². The van der Waals surface area contributed by atoms with E-state index in [2.05, 4.69) is 39.5 Å². The van der Waals surface area contributed by atoms with Gasteiger partial charge < -0.3 is 15.0 Å². The Morgan fingerprint density at radius 3 is 3.18 bits per heavy atom. The van der Waals surface area contributed by atoms with Crippen LogP contribution in [0.5, 0.6) is 0 Å². The molecule has 116 valence electrons. The lowest BCUT2D eigenvalue weighted by molar-refractivity contribution is 0.140. The molecule has 0 saturated carbocycles. The number of para-hydroxylation sites is 1. The summed E-state index contributed by atoms with van der Waals surface area (Å²) < 4.78 is 4.79. The van der Waals surface area contributed by atoms with Gasteiger partial charge in [-0.3, -0.25) is 4.90 Å². The molecule has 2 atom stereocenters. The molecule has 0 spiro atoms. The number of H-pyrrole nitrogens is 1. The maximum atomic E-state index is 11.7. The normalized spacial score (nSPS) is 24.6. The fourth-order valence-corrected chi connectivity index (χ4v) is 4.79. The molecule has 5 nitrogen and oxygen atoms in total. The number of methoxy groups -OCH3 is 1. The van der Waals surface area contributed by atoms with E-state index >= 15 is 0 Å². The van der Waals surface area contributed by atoms with Gasteiger partial charge in [-0.25, -0.2) is 4.79 Å². The molecular formula is C16H19N3O2S. The second-order valence-corrected chi connectivity index (χ2v) is 6.81. The number of thioether (sulfide) groups is 1. The Balaban J connectivity index is 1.76. The second-order valence-electron chi connectivity index (χ2n) is 5.81. The minimum Gasteiger partial charge on any atom is -0.453 e. The molecule has 4 rings (SSSR count). The highest BCUT2D eigenvalue weighted by molar-refractivity contribution is 7.99. The topological polar surface area (TPSA) is 57.4 Å². The van der Waals surface area contributed by atoms with Crippen LogP contribution in [0.3, 0.4) is 0 Å². The Morgan fingerprint density at radius 2 is 2.32 bits per heavy atom. The minimum atomic E-state index is -0.351. The molecule has 2 N–H and O–H groups in total.